The van der Waals surface area contributed by atoms with Crippen LogP contribution in [0.15, 0.2) is 0 Å². The number of rotatable bonds is 0. The molecule has 0 aliphatic heterocycles. The Balaban J connectivity index is 2.35. The van der Waals surface area contributed by atoms with Crippen LogP contribution in [-0.2, 0) is 0 Å². The summed E-state index contributed by atoms with van der Waals surface area (Å²) in [5.41, 5.74) is 0. The van der Waals surface area contributed by atoms with Crippen molar-refractivity contribution in [2.45, 2.75) is 36.4 Å². The maximum absolute atomic E-state index is 12.4. The van der Waals surface area contributed by atoms with Gasteiger partial charge in [-0.25, -0.2) is 8.78 Å². The zero-order valence-electron chi connectivity index (χ0n) is 5.04. The predicted octanol–water partition coefficient (Wildman–Crippen LogP) is 2.96. The van der Waals surface area contributed by atoms with E-state index >= 15 is 0 Å². The lowest BCUT2D eigenvalue weighted by atomic mass is 9.97. The molecule has 0 aromatic rings. The molecule has 0 N–H and O–H groups in total. The minimum Gasteiger partial charge on any atom is -0.207 e. The van der Waals surface area contributed by atoms with Crippen LogP contribution >= 0.6 is 15.9 Å². The van der Waals surface area contributed by atoms with Gasteiger partial charge in [-0.05, 0) is 12.8 Å². The zero-order valence-corrected chi connectivity index (χ0v) is 6.63. The van der Waals surface area contributed by atoms with Gasteiger partial charge in [0.15, 0.2) is 0 Å². The summed E-state index contributed by atoms with van der Waals surface area (Å²) in [6.07, 6.45) is 1.35. The van der Waals surface area contributed by atoms with E-state index in [-0.39, 0.29) is 12.8 Å². The maximum Gasteiger partial charge on any atom is 0.248 e. The van der Waals surface area contributed by atoms with Crippen molar-refractivity contribution in [1.29, 1.82) is 0 Å². The largest absolute Gasteiger partial charge is 0.248 e. The lowest BCUT2D eigenvalue weighted by molar-refractivity contribution is -0.0319. The fraction of sp³-hybridized carbons (Fsp3) is 1.00. The van der Waals surface area contributed by atoms with Gasteiger partial charge in [0.05, 0.1) is 0 Å². The average Bonchev–Trinajstić information content (AvgIpc) is 1.78. The van der Waals surface area contributed by atoms with Crippen molar-refractivity contribution in [2.24, 2.45) is 0 Å². The molecule has 0 spiro atoms. The van der Waals surface area contributed by atoms with Gasteiger partial charge >= 0.3 is 0 Å². The molecule has 0 saturated heterocycles. The summed E-state index contributed by atoms with van der Waals surface area (Å²) in [6.45, 7) is 0. The van der Waals surface area contributed by atoms with Crippen LogP contribution in [0.5, 0.6) is 0 Å². The molecule has 0 atom stereocenters. The summed E-state index contributed by atoms with van der Waals surface area (Å²) in [4.78, 5) is 0.331. The van der Waals surface area contributed by atoms with E-state index in [1.165, 1.54) is 0 Å². The van der Waals surface area contributed by atoms with Crippen LogP contribution in [0.1, 0.15) is 25.7 Å². The maximum atomic E-state index is 12.4. The van der Waals surface area contributed by atoms with E-state index in [9.17, 15) is 8.78 Å². The zero-order chi connectivity index (χ0) is 6.91. The summed E-state index contributed by atoms with van der Waals surface area (Å²) < 4.78 is 24.7. The molecule has 0 nitrogen and oxygen atoms in total. The summed E-state index contributed by atoms with van der Waals surface area (Å²) in [7, 11) is 0. The first-order valence-corrected chi connectivity index (χ1v) is 4.04. The van der Waals surface area contributed by atoms with E-state index in [2.05, 4.69) is 15.9 Å². The van der Waals surface area contributed by atoms with Gasteiger partial charge in [0.25, 0.3) is 0 Å². The van der Waals surface area contributed by atoms with E-state index < -0.39 is 5.92 Å². The van der Waals surface area contributed by atoms with Crippen molar-refractivity contribution < 1.29 is 8.78 Å². The fourth-order valence-electron chi connectivity index (χ4n) is 1.00. The Kier molecular flexibility index (Phi) is 2.09. The molecule has 9 heavy (non-hydrogen) atoms. The Bertz CT molecular complexity index is 93.2. The van der Waals surface area contributed by atoms with Gasteiger partial charge < -0.3 is 0 Å². The first kappa shape index (κ1) is 7.45. The van der Waals surface area contributed by atoms with Gasteiger partial charge in [0.1, 0.15) is 0 Å². The quantitative estimate of drug-likeness (QED) is 0.526. The Hall–Kier alpha value is 0.340. The Morgan fingerprint density at radius 3 is 2.00 bits per heavy atom. The predicted molar refractivity (Wildman–Crippen MR) is 36.1 cm³/mol. The van der Waals surface area contributed by atoms with Crippen LogP contribution in [0.3, 0.4) is 0 Å². The SMILES string of the molecule is FC1(F)CCC(Br)CC1. The summed E-state index contributed by atoms with van der Waals surface area (Å²) in [6, 6.07) is 0. The molecule has 0 bridgehead atoms. The molecular weight excluding hydrogens is 190 g/mol. The number of hydrogen-bond donors (Lipinski definition) is 0. The molecule has 0 aromatic carbocycles. The van der Waals surface area contributed by atoms with Gasteiger partial charge in [-0.3, -0.25) is 0 Å². The Morgan fingerprint density at radius 2 is 1.67 bits per heavy atom. The second-order valence-electron chi connectivity index (χ2n) is 2.53. The molecule has 1 fully saturated rings. The third kappa shape index (κ3) is 2.20. The molecule has 0 unspecified atom stereocenters. The van der Waals surface area contributed by atoms with Crippen LogP contribution < -0.4 is 0 Å². The van der Waals surface area contributed by atoms with Crippen molar-refractivity contribution >= 4 is 15.9 Å². The average molecular weight is 199 g/mol. The molecule has 0 aromatic heterocycles. The topological polar surface area (TPSA) is 0 Å². The highest BCUT2D eigenvalue weighted by Crippen LogP contribution is 2.35. The summed E-state index contributed by atoms with van der Waals surface area (Å²) in [5.74, 6) is -2.37. The van der Waals surface area contributed by atoms with Gasteiger partial charge in [0.2, 0.25) is 5.92 Å². The third-order valence-corrected chi connectivity index (χ3v) is 2.56. The molecule has 54 valence electrons. The monoisotopic (exact) mass is 198 g/mol. The highest BCUT2D eigenvalue weighted by molar-refractivity contribution is 9.09. The number of alkyl halides is 3. The smallest absolute Gasteiger partial charge is 0.207 e. The van der Waals surface area contributed by atoms with Gasteiger partial charge in [0, 0.05) is 17.7 Å². The van der Waals surface area contributed by atoms with Crippen LogP contribution in [0.2, 0.25) is 0 Å². The van der Waals surface area contributed by atoms with E-state index in [1.54, 1.807) is 0 Å². The molecule has 0 heterocycles. The van der Waals surface area contributed by atoms with Gasteiger partial charge in [-0.1, -0.05) is 15.9 Å². The third-order valence-electron chi connectivity index (χ3n) is 1.65. The van der Waals surface area contributed by atoms with Crippen LogP contribution in [0.4, 0.5) is 8.78 Å². The van der Waals surface area contributed by atoms with E-state index in [0.29, 0.717) is 17.7 Å². The first-order valence-electron chi connectivity index (χ1n) is 3.12. The molecule has 0 amide bonds. The molecule has 1 saturated carbocycles. The van der Waals surface area contributed by atoms with Crippen molar-refractivity contribution in [3.8, 4) is 0 Å². The highest BCUT2D eigenvalue weighted by Gasteiger charge is 2.33. The van der Waals surface area contributed by atoms with Crippen molar-refractivity contribution in [3.63, 3.8) is 0 Å². The molecule has 3 heteroatoms. The van der Waals surface area contributed by atoms with Crippen molar-refractivity contribution in [1.82, 2.24) is 0 Å². The molecule has 1 rings (SSSR count). The van der Waals surface area contributed by atoms with Crippen LogP contribution in [-0.4, -0.2) is 10.7 Å². The minimum absolute atomic E-state index is 0.0584. The van der Waals surface area contributed by atoms with Crippen LogP contribution in [0.25, 0.3) is 0 Å². The van der Waals surface area contributed by atoms with E-state index in [1.807, 2.05) is 0 Å². The summed E-state index contributed by atoms with van der Waals surface area (Å²) >= 11 is 3.31. The molecule has 0 radical (unpaired) electrons. The lowest BCUT2D eigenvalue weighted by Crippen LogP contribution is -2.24. The van der Waals surface area contributed by atoms with E-state index in [0.717, 1.165) is 0 Å². The number of hydrogen-bond acceptors (Lipinski definition) is 0. The normalized spacial score (nSPS) is 28.3. The summed E-state index contributed by atoms with van der Waals surface area (Å²) in [5, 5.41) is 0. The number of halogens is 3. The molecular formula is C6H9BrF2. The first-order chi connectivity index (χ1) is 4.10. The van der Waals surface area contributed by atoms with Gasteiger partial charge in [-0.2, -0.15) is 0 Å². The van der Waals surface area contributed by atoms with Gasteiger partial charge in [-0.15, -0.1) is 0 Å². The molecule has 1 aliphatic carbocycles. The molecule has 1 aliphatic rings. The minimum atomic E-state index is -2.37. The fourth-order valence-corrected chi connectivity index (χ4v) is 1.46. The lowest BCUT2D eigenvalue weighted by Gasteiger charge is -2.24. The van der Waals surface area contributed by atoms with Crippen molar-refractivity contribution in [3.05, 3.63) is 0 Å². The Morgan fingerprint density at radius 1 is 1.22 bits per heavy atom. The van der Waals surface area contributed by atoms with Crippen molar-refractivity contribution in [2.75, 3.05) is 0 Å². The standard InChI is InChI=1S/C6H9BrF2/c7-5-1-3-6(8,9)4-2-5/h5H,1-4H2. The van der Waals surface area contributed by atoms with E-state index in [4.69, 9.17) is 0 Å². The Labute approximate surface area is 61.8 Å². The second-order valence-corrected chi connectivity index (χ2v) is 3.83. The highest BCUT2D eigenvalue weighted by atomic mass is 79.9. The second kappa shape index (κ2) is 2.52. The van der Waals surface area contributed by atoms with Crippen LogP contribution in [0, 0.1) is 0 Å².